The van der Waals surface area contributed by atoms with Crippen molar-refractivity contribution in [2.24, 2.45) is 4.99 Å². The lowest BCUT2D eigenvalue weighted by atomic mass is 10.2. The van der Waals surface area contributed by atoms with Crippen LogP contribution in [0.25, 0.3) is 10.9 Å². The molecule has 0 fully saturated rings. The number of carbonyl (C=O) groups excluding carboxylic acids is 1. The van der Waals surface area contributed by atoms with Crippen molar-refractivity contribution >= 4 is 17.0 Å². The van der Waals surface area contributed by atoms with Gasteiger partial charge in [-0.15, -0.1) is 0 Å². The Bertz CT molecular complexity index is 528. The number of isocyanates is 1. The lowest BCUT2D eigenvalue weighted by Crippen LogP contribution is -2.01. The molecule has 16 heavy (non-hydrogen) atoms. The lowest BCUT2D eigenvalue weighted by molar-refractivity contribution is 0.331. The molecular formula is C12H10N2O2. The largest absolute Gasteiger partial charge is 0.489 e. The van der Waals surface area contributed by atoms with E-state index in [0.29, 0.717) is 18.9 Å². The van der Waals surface area contributed by atoms with Gasteiger partial charge in [-0.2, -0.15) is 0 Å². The van der Waals surface area contributed by atoms with E-state index in [9.17, 15) is 4.79 Å². The molecule has 1 aromatic carbocycles. The number of fused-ring (bicyclic) bond motifs is 1. The maximum absolute atomic E-state index is 9.87. The summed E-state index contributed by atoms with van der Waals surface area (Å²) in [6, 6.07) is 9.57. The molecule has 1 heterocycles. The number of para-hydroxylation sites is 1. The van der Waals surface area contributed by atoms with E-state index >= 15 is 0 Å². The minimum absolute atomic E-state index is 0.312. The number of benzene rings is 1. The molecule has 0 saturated heterocycles. The van der Waals surface area contributed by atoms with Gasteiger partial charge in [0, 0.05) is 11.6 Å². The maximum Gasteiger partial charge on any atom is 0.235 e. The molecule has 0 N–H and O–H groups in total. The highest BCUT2D eigenvalue weighted by Crippen LogP contribution is 2.22. The molecule has 4 nitrogen and oxygen atoms in total. The number of pyridine rings is 1. The van der Waals surface area contributed by atoms with Crippen molar-refractivity contribution in [3.63, 3.8) is 0 Å². The predicted octanol–water partition coefficient (Wildman–Crippen LogP) is 1.95. The number of aliphatic imine (C=N–C) groups is 1. The fourth-order valence-electron chi connectivity index (χ4n) is 1.44. The van der Waals surface area contributed by atoms with Crippen molar-refractivity contribution < 1.29 is 9.53 Å². The quantitative estimate of drug-likeness (QED) is 0.444. The van der Waals surface area contributed by atoms with Crippen LogP contribution >= 0.6 is 0 Å². The van der Waals surface area contributed by atoms with Crippen molar-refractivity contribution in [2.75, 3.05) is 13.2 Å². The second-order valence-electron chi connectivity index (χ2n) is 3.15. The Kier molecular flexibility index (Phi) is 3.26. The SMILES string of the molecule is O=C=NCCOc1cccc2cccnc12. The van der Waals surface area contributed by atoms with E-state index in [4.69, 9.17) is 4.74 Å². The third-order valence-electron chi connectivity index (χ3n) is 2.12. The molecule has 0 amide bonds. The number of aromatic nitrogens is 1. The first-order valence-electron chi connectivity index (χ1n) is 4.92. The van der Waals surface area contributed by atoms with Crippen molar-refractivity contribution in [3.8, 4) is 5.75 Å². The number of hydrogen-bond acceptors (Lipinski definition) is 4. The van der Waals surface area contributed by atoms with Crippen LogP contribution in [-0.2, 0) is 4.79 Å². The Morgan fingerprint density at radius 2 is 2.19 bits per heavy atom. The zero-order valence-electron chi connectivity index (χ0n) is 8.59. The monoisotopic (exact) mass is 214 g/mol. The van der Waals surface area contributed by atoms with Gasteiger partial charge in [-0.1, -0.05) is 18.2 Å². The van der Waals surface area contributed by atoms with Gasteiger partial charge in [0.15, 0.2) is 0 Å². The first-order chi connectivity index (χ1) is 7.92. The number of ether oxygens (including phenoxy) is 1. The fourth-order valence-corrected chi connectivity index (χ4v) is 1.44. The third-order valence-corrected chi connectivity index (χ3v) is 2.12. The summed E-state index contributed by atoms with van der Waals surface area (Å²) in [5.41, 5.74) is 0.820. The summed E-state index contributed by atoms with van der Waals surface area (Å²) in [7, 11) is 0. The first-order valence-corrected chi connectivity index (χ1v) is 4.92. The van der Waals surface area contributed by atoms with Gasteiger partial charge in [0.2, 0.25) is 6.08 Å². The molecule has 0 radical (unpaired) electrons. The van der Waals surface area contributed by atoms with E-state index in [0.717, 1.165) is 10.9 Å². The Morgan fingerprint density at radius 3 is 3.06 bits per heavy atom. The van der Waals surface area contributed by atoms with Crippen LogP contribution in [-0.4, -0.2) is 24.2 Å². The molecule has 0 saturated carbocycles. The highest BCUT2D eigenvalue weighted by atomic mass is 16.5. The summed E-state index contributed by atoms with van der Waals surface area (Å²) >= 11 is 0. The molecule has 0 unspecified atom stereocenters. The smallest absolute Gasteiger partial charge is 0.235 e. The van der Waals surface area contributed by atoms with Crippen molar-refractivity contribution in [1.29, 1.82) is 0 Å². The van der Waals surface area contributed by atoms with E-state index < -0.39 is 0 Å². The number of hydrogen-bond donors (Lipinski definition) is 0. The van der Waals surface area contributed by atoms with E-state index in [1.54, 1.807) is 6.20 Å². The summed E-state index contributed by atoms with van der Waals surface area (Å²) in [5, 5.41) is 1.03. The maximum atomic E-state index is 9.87. The summed E-state index contributed by atoms with van der Waals surface area (Å²) in [4.78, 5) is 17.5. The average molecular weight is 214 g/mol. The molecule has 0 bridgehead atoms. The lowest BCUT2D eigenvalue weighted by Gasteiger charge is -2.06. The van der Waals surface area contributed by atoms with Crippen LogP contribution in [0.3, 0.4) is 0 Å². The van der Waals surface area contributed by atoms with Crippen molar-refractivity contribution in [1.82, 2.24) is 4.98 Å². The second-order valence-corrected chi connectivity index (χ2v) is 3.15. The highest BCUT2D eigenvalue weighted by Gasteiger charge is 2.01. The van der Waals surface area contributed by atoms with Gasteiger partial charge in [-0.05, 0) is 12.1 Å². The fraction of sp³-hybridized carbons (Fsp3) is 0.167. The molecule has 1 aromatic heterocycles. The van der Waals surface area contributed by atoms with Crippen LogP contribution in [0.1, 0.15) is 0 Å². The summed E-state index contributed by atoms with van der Waals surface area (Å²) < 4.78 is 5.49. The average Bonchev–Trinajstić information content (AvgIpc) is 2.35. The molecule has 0 spiro atoms. The second kappa shape index (κ2) is 5.05. The van der Waals surface area contributed by atoms with Crippen molar-refractivity contribution in [3.05, 3.63) is 36.5 Å². The Labute approximate surface area is 92.6 Å². The zero-order valence-corrected chi connectivity index (χ0v) is 8.59. The van der Waals surface area contributed by atoms with Gasteiger partial charge in [0.25, 0.3) is 0 Å². The molecule has 80 valence electrons. The molecule has 0 aliphatic heterocycles. The van der Waals surface area contributed by atoms with Crippen LogP contribution in [0.15, 0.2) is 41.5 Å². The van der Waals surface area contributed by atoms with Gasteiger partial charge in [-0.3, -0.25) is 4.98 Å². The van der Waals surface area contributed by atoms with Gasteiger partial charge in [0.05, 0.1) is 6.54 Å². The van der Waals surface area contributed by atoms with Gasteiger partial charge < -0.3 is 4.74 Å². The minimum atomic E-state index is 0.312. The van der Waals surface area contributed by atoms with Gasteiger partial charge in [0.1, 0.15) is 17.9 Å². The van der Waals surface area contributed by atoms with Crippen molar-refractivity contribution in [2.45, 2.75) is 0 Å². The van der Waals surface area contributed by atoms with Crippen LogP contribution in [0.5, 0.6) is 5.75 Å². The Balaban J connectivity index is 2.20. The van der Waals surface area contributed by atoms with Crippen LogP contribution in [0, 0.1) is 0 Å². The molecule has 2 rings (SSSR count). The predicted molar refractivity (Wildman–Crippen MR) is 60.2 cm³/mol. The summed E-state index contributed by atoms with van der Waals surface area (Å²) in [6.07, 6.45) is 3.19. The van der Waals surface area contributed by atoms with Crippen LogP contribution in [0.4, 0.5) is 0 Å². The molecule has 0 aliphatic rings. The van der Waals surface area contributed by atoms with E-state index in [1.165, 1.54) is 6.08 Å². The standard InChI is InChI=1S/C12H10N2O2/c15-9-13-7-8-16-11-5-1-3-10-4-2-6-14-12(10)11/h1-6H,7-8H2. The topological polar surface area (TPSA) is 51.5 Å². The molecule has 0 atom stereocenters. The molecule has 0 aliphatic carbocycles. The highest BCUT2D eigenvalue weighted by molar-refractivity contribution is 5.84. The normalized spacial score (nSPS) is 9.75. The zero-order chi connectivity index (χ0) is 11.2. The minimum Gasteiger partial charge on any atom is -0.489 e. The Hall–Kier alpha value is -2.19. The van der Waals surface area contributed by atoms with E-state index in [2.05, 4.69) is 9.98 Å². The molecular weight excluding hydrogens is 204 g/mol. The first kappa shape index (κ1) is 10.3. The summed E-state index contributed by atoms with van der Waals surface area (Å²) in [6.45, 7) is 0.664. The van der Waals surface area contributed by atoms with E-state index in [1.807, 2.05) is 30.3 Å². The number of rotatable bonds is 4. The van der Waals surface area contributed by atoms with Gasteiger partial charge in [-0.25, -0.2) is 9.79 Å². The molecule has 4 heteroatoms. The van der Waals surface area contributed by atoms with Gasteiger partial charge >= 0.3 is 0 Å². The summed E-state index contributed by atoms with van der Waals surface area (Å²) in [5.74, 6) is 0.708. The van der Waals surface area contributed by atoms with E-state index in [-0.39, 0.29) is 0 Å². The molecule has 2 aromatic rings. The van der Waals surface area contributed by atoms with Crippen LogP contribution < -0.4 is 4.74 Å². The number of nitrogens with zero attached hydrogens (tertiary/aromatic N) is 2. The van der Waals surface area contributed by atoms with Crippen LogP contribution in [0.2, 0.25) is 0 Å². The third kappa shape index (κ3) is 2.24. The Morgan fingerprint density at radius 1 is 1.31 bits per heavy atom.